The van der Waals surface area contributed by atoms with E-state index in [4.69, 9.17) is 59.2 Å². The van der Waals surface area contributed by atoms with Gasteiger partial charge in [0.05, 0.1) is 66.3 Å². The predicted molar refractivity (Wildman–Crippen MR) is 428 cm³/mol. The van der Waals surface area contributed by atoms with Gasteiger partial charge >= 0.3 is 18.5 Å². The van der Waals surface area contributed by atoms with Crippen molar-refractivity contribution in [2.24, 2.45) is 0 Å². The second-order valence-electron chi connectivity index (χ2n) is 30.0. The molecule has 0 saturated carbocycles. The average Bonchev–Trinajstić information content (AvgIpc) is 0.831. The van der Waals surface area contributed by atoms with E-state index in [-0.39, 0.29) is 74.6 Å². The number of halogens is 14. The first-order valence-corrected chi connectivity index (χ1v) is 37.6. The van der Waals surface area contributed by atoms with Gasteiger partial charge in [0.25, 0.3) is 0 Å². The number of anilines is 7. The molecule has 0 atom stereocenters. The Morgan fingerprint density at radius 1 is 0.440 bits per heavy atom. The van der Waals surface area contributed by atoms with E-state index in [1.807, 2.05) is 126 Å². The van der Waals surface area contributed by atoms with Gasteiger partial charge < -0.3 is 61.6 Å². The van der Waals surface area contributed by atoms with Crippen LogP contribution in [0.25, 0.3) is 0 Å². The van der Waals surface area contributed by atoms with Crippen LogP contribution in [0.4, 0.5) is 88.1 Å². The summed E-state index contributed by atoms with van der Waals surface area (Å²) < 4.78 is 179. The second kappa shape index (κ2) is 43.9. The Morgan fingerprint density at radius 2 is 0.844 bits per heavy atom. The van der Waals surface area contributed by atoms with Crippen molar-refractivity contribution in [2.45, 2.75) is 222 Å². The number of benzene rings is 7. The Morgan fingerprint density at radius 3 is 1.27 bits per heavy atom. The third-order valence-corrected chi connectivity index (χ3v) is 16.4. The molecule has 0 aliphatic heterocycles. The smallest absolute Gasteiger partial charge is 0.416 e. The number of aliphatic hydroxyl groups is 2. The highest BCUT2D eigenvalue weighted by Gasteiger charge is 2.34. The zero-order chi connectivity index (χ0) is 84.2. The molecule has 14 nitrogen and oxygen atoms in total. The molecule has 7 aromatic carbocycles. The van der Waals surface area contributed by atoms with Crippen molar-refractivity contribution in [1.82, 2.24) is 0 Å². The molecule has 9 N–H and O–H groups in total. The number of alkyl halides is 9. The van der Waals surface area contributed by atoms with Gasteiger partial charge in [-0.25, -0.2) is 17.2 Å². The van der Waals surface area contributed by atoms with Crippen molar-refractivity contribution < 1.29 is 81.1 Å². The van der Waals surface area contributed by atoms with E-state index in [1.54, 1.807) is 45.9 Å². The van der Waals surface area contributed by atoms with Gasteiger partial charge in [-0.15, -0.1) is 0 Å². The number of sulfone groups is 1. The van der Waals surface area contributed by atoms with E-state index in [0.29, 0.717) is 41.0 Å². The summed E-state index contributed by atoms with van der Waals surface area (Å²) >= 11 is 17.9. The van der Waals surface area contributed by atoms with Gasteiger partial charge in [0.15, 0.2) is 21.4 Å². The molecule has 7 rings (SSSR count). The first kappa shape index (κ1) is 99.5. The zero-order valence-corrected chi connectivity index (χ0v) is 69.5. The number of rotatable bonds is 19. The van der Waals surface area contributed by atoms with Crippen LogP contribution in [-0.2, 0) is 35.0 Å². The maximum atomic E-state index is 13.8. The molecule has 109 heavy (non-hydrogen) atoms. The summed E-state index contributed by atoms with van der Waals surface area (Å²) in [5, 5.41) is 40.9. The van der Waals surface area contributed by atoms with Crippen LogP contribution < -0.4 is 51.4 Å². The molecule has 29 heteroatoms. The van der Waals surface area contributed by atoms with Gasteiger partial charge in [0.2, 0.25) is 0 Å². The van der Waals surface area contributed by atoms with Crippen LogP contribution in [0, 0.1) is 25.5 Å². The van der Waals surface area contributed by atoms with Gasteiger partial charge in [-0.3, -0.25) is 0 Å². The minimum Gasteiger partial charge on any atom is -0.495 e. The van der Waals surface area contributed by atoms with Gasteiger partial charge in [0, 0.05) is 97.9 Å². The van der Waals surface area contributed by atoms with Crippen molar-refractivity contribution in [3.05, 3.63) is 181 Å². The zero-order valence-electron chi connectivity index (χ0n) is 66.5. The van der Waals surface area contributed by atoms with Crippen LogP contribution in [0.5, 0.6) is 17.2 Å². The lowest BCUT2D eigenvalue weighted by molar-refractivity contribution is -0.138. The third kappa shape index (κ3) is 40.3. The predicted octanol–water partition coefficient (Wildman–Crippen LogP) is 24.1. The lowest BCUT2D eigenvalue weighted by atomic mass is 10.1. The normalized spacial score (nSPS) is 11.8. The number of nitrogens with one attached hydrogen (secondary N) is 7. The minimum absolute atomic E-state index is 0.00288. The van der Waals surface area contributed by atoms with Crippen molar-refractivity contribution in [3.8, 4) is 17.2 Å². The molecular formula is C80H111Cl3F11N7O7S. The van der Waals surface area contributed by atoms with Crippen molar-refractivity contribution in [2.75, 3.05) is 70.4 Å². The van der Waals surface area contributed by atoms with Crippen molar-refractivity contribution in [1.29, 1.82) is 0 Å². The molecule has 0 aromatic heterocycles. The van der Waals surface area contributed by atoms with Crippen LogP contribution in [0.15, 0.2) is 126 Å². The maximum absolute atomic E-state index is 13.8. The Labute approximate surface area is 653 Å². The minimum atomic E-state index is -4.46. The van der Waals surface area contributed by atoms with Gasteiger partial charge in [-0.05, 0) is 258 Å². The lowest BCUT2D eigenvalue weighted by Gasteiger charge is -2.24. The van der Waals surface area contributed by atoms with Gasteiger partial charge in [-0.1, -0.05) is 53.9 Å². The molecule has 612 valence electrons. The molecule has 0 amide bonds. The molecule has 0 heterocycles. The van der Waals surface area contributed by atoms with E-state index in [2.05, 4.69) is 71.8 Å². The summed E-state index contributed by atoms with van der Waals surface area (Å²) in [6.45, 7) is 40.5. The molecule has 0 unspecified atom stereocenters. The highest BCUT2D eigenvalue weighted by atomic mass is 35.5. The fourth-order valence-corrected chi connectivity index (χ4v) is 10.7. The largest absolute Gasteiger partial charge is 0.495 e. The standard InChI is InChI=1S/C13H19ClFNO2.C12H16F3NO.C12H19NO3S.C11H16ClN.C11H13F4N.C11H14F3NO.C10H14ClN/c1-13(2,3)16-9-7-10(14)12(11(15)8-9)18-6-4-5-17;1-11(2,3)16-9-7-8(12(13,14)15)5-6-10(9)17-4;1-5-17(14,15)12-8-10(13-9(2)3)6-7-11(12)16-4;1-8-5-6-9(7-10(8)12)13-11(2,3)4;1-10(2,3)16-9-6-7(11(13,14)15)4-5-8(9)12;1-7(2)15-10-4-8(6-16)3-9(5-10)11(12,13)14;1-7(2)12-9-5-4-8(3)10(11)6-9/h7-8,16-17H,4-6H2,1-3H3;5-7,16H,1-4H3;6-9,13H,5H2,1-4H3;5-7,13H,1-4H3;4-6,16H,1-3H3;3-5,7,15-16H,6H2,1-2H3;4-7,12H,1-3H3. The molecule has 0 aliphatic rings. The number of aryl methyl sites for hydroxylation is 2. The SMILES string of the molecule is CC(C)(C)Nc1cc(C(F)(F)F)ccc1F.CC(C)(C)Nc1cc(F)c(OCCCO)c(Cl)c1.CC(C)Nc1cc(CO)cc(C(F)(F)F)c1.CCS(=O)(=O)c1cc(NC(C)C)ccc1OC.COc1ccc(C(F)(F)F)cc1NC(C)(C)C.Cc1ccc(NC(C)(C)C)cc1Cl.Cc1ccc(NC(C)C)cc1Cl. The Bertz CT molecular complexity index is 4020. The summed E-state index contributed by atoms with van der Waals surface area (Å²) in [7, 11) is -0.365. The summed E-state index contributed by atoms with van der Waals surface area (Å²) in [6, 6.07) is 30.1. The summed E-state index contributed by atoms with van der Waals surface area (Å²) in [4.78, 5) is 0.244. The Kier molecular flexibility index (Phi) is 40.1. The molecule has 7 aromatic rings. The number of hydrogen-bond donors (Lipinski definition) is 9. The van der Waals surface area contributed by atoms with Gasteiger partial charge in [-0.2, -0.15) is 39.5 Å². The molecule has 0 aliphatic carbocycles. The quantitative estimate of drug-likeness (QED) is 0.0275. The highest BCUT2D eigenvalue weighted by Crippen LogP contribution is 2.38. The van der Waals surface area contributed by atoms with Gasteiger partial charge in [0.1, 0.15) is 22.2 Å². The fourth-order valence-electron chi connectivity index (χ4n) is 9.01. The third-order valence-electron chi connectivity index (χ3n) is 13.5. The van der Waals surface area contributed by atoms with Crippen LogP contribution >= 0.6 is 34.8 Å². The number of ether oxygens (including phenoxy) is 3. The molecule has 0 spiro atoms. The number of hydrogen-bond acceptors (Lipinski definition) is 14. The molecule has 0 fully saturated rings. The molecule has 0 radical (unpaired) electrons. The van der Waals surface area contributed by atoms with Crippen molar-refractivity contribution >= 4 is 84.5 Å². The molecule has 0 bridgehead atoms. The van der Waals surface area contributed by atoms with Crippen LogP contribution in [0.3, 0.4) is 0 Å². The van der Waals surface area contributed by atoms with E-state index in [1.165, 1.54) is 32.4 Å². The fraction of sp³-hybridized carbons (Fsp3) is 0.475. The monoisotopic (exact) mass is 1630 g/mol. The van der Waals surface area contributed by atoms with E-state index < -0.39 is 68.8 Å². The topological polar surface area (TPSA) is 186 Å². The van der Waals surface area contributed by atoms with E-state index >= 15 is 0 Å². The first-order chi connectivity index (χ1) is 49.8. The maximum Gasteiger partial charge on any atom is 0.416 e. The van der Waals surface area contributed by atoms with E-state index in [9.17, 15) is 56.7 Å². The molecular weight excluding hydrogens is 1520 g/mol. The Balaban J connectivity index is 0.000000638. The summed E-state index contributed by atoms with van der Waals surface area (Å²) in [5.74, 6) is -0.317. The molecule has 0 saturated heterocycles. The second-order valence-corrected chi connectivity index (χ2v) is 33.4. The van der Waals surface area contributed by atoms with E-state index in [0.717, 1.165) is 80.7 Å². The van der Waals surface area contributed by atoms with Crippen LogP contribution in [-0.4, -0.2) is 92.1 Å². The van der Waals surface area contributed by atoms with Crippen LogP contribution in [0.1, 0.15) is 171 Å². The first-order valence-electron chi connectivity index (χ1n) is 34.8. The summed E-state index contributed by atoms with van der Waals surface area (Å²) in [5.41, 5.74) is 3.39. The average molecular weight is 1630 g/mol. The summed E-state index contributed by atoms with van der Waals surface area (Å²) in [6.07, 6.45) is -12.8. The lowest BCUT2D eigenvalue weighted by Crippen LogP contribution is -2.27. The number of methoxy groups -OCH3 is 2. The highest BCUT2D eigenvalue weighted by molar-refractivity contribution is 7.91. The van der Waals surface area contributed by atoms with Crippen LogP contribution in [0.2, 0.25) is 15.1 Å². The number of aliphatic hydroxyl groups excluding tert-OH is 2. The van der Waals surface area contributed by atoms with Crippen molar-refractivity contribution in [3.63, 3.8) is 0 Å². The Hall–Kier alpha value is -7.49.